The van der Waals surface area contributed by atoms with Gasteiger partial charge in [-0.15, -0.1) is 0 Å². The third-order valence-electron chi connectivity index (χ3n) is 1.93. The molecule has 1 aliphatic rings. The average Bonchev–Trinajstić information content (AvgIpc) is 2.13. The van der Waals surface area contributed by atoms with E-state index in [1.165, 1.54) is 0 Å². The molecule has 0 bridgehead atoms. The maximum absolute atomic E-state index is 12.6. The summed E-state index contributed by atoms with van der Waals surface area (Å²) in [5, 5.41) is 0. The number of alkyl halides is 1. The van der Waals surface area contributed by atoms with Crippen LogP contribution in [0.4, 0.5) is 4.39 Å². The molecular weight excluding hydrogens is 135 g/mol. The fourth-order valence-corrected chi connectivity index (χ4v) is 1.32. The number of nitrogens with zero attached hydrogens (tertiary/aromatic N) is 1. The molecule has 1 rings (SSSR count). The molecule has 0 aromatic heterocycles. The van der Waals surface area contributed by atoms with Crippen LogP contribution in [0.5, 0.6) is 0 Å². The van der Waals surface area contributed by atoms with Crippen LogP contribution in [0.15, 0.2) is 0 Å². The van der Waals surface area contributed by atoms with Crippen molar-refractivity contribution in [3.63, 3.8) is 0 Å². The quantitative estimate of drug-likeness (QED) is 0.557. The van der Waals surface area contributed by atoms with Crippen LogP contribution in [0, 0.1) is 0 Å². The monoisotopic (exact) mass is 148 g/mol. The Morgan fingerprint density at radius 1 is 1.80 bits per heavy atom. The molecular formula is C6H13FN2O. The highest BCUT2D eigenvalue weighted by Crippen LogP contribution is 2.17. The minimum absolute atomic E-state index is 0.167. The van der Waals surface area contributed by atoms with Crippen molar-refractivity contribution in [1.82, 2.24) is 4.90 Å². The molecule has 4 heteroatoms. The Morgan fingerprint density at radius 2 is 2.50 bits per heavy atom. The Labute approximate surface area is 59.9 Å². The summed E-state index contributed by atoms with van der Waals surface area (Å²) in [5.41, 5.74) is 0. The van der Waals surface area contributed by atoms with Gasteiger partial charge in [-0.25, -0.2) is 10.3 Å². The molecule has 1 saturated heterocycles. The van der Waals surface area contributed by atoms with Crippen LogP contribution in [0.2, 0.25) is 0 Å². The second-order valence-corrected chi connectivity index (χ2v) is 2.76. The van der Waals surface area contributed by atoms with Gasteiger partial charge in [0.15, 0.2) is 0 Å². The normalized spacial score (nSPS) is 35.1. The van der Waals surface area contributed by atoms with E-state index in [-0.39, 0.29) is 6.04 Å². The lowest BCUT2D eigenvalue weighted by atomic mass is 10.2. The first-order valence-electron chi connectivity index (χ1n) is 3.40. The zero-order valence-electron chi connectivity index (χ0n) is 6.09. The molecule has 2 atom stereocenters. The number of likely N-dealkylation sites (N-methyl/N-ethyl adjacent to an activating group) is 1. The van der Waals surface area contributed by atoms with Gasteiger partial charge < -0.3 is 4.84 Å². The lowest BCUT2D eigenvalue weighted by Gasteiger charge is -2.16. The van der Waals surface area contributed by atoms with E-state index < -0.39 is 6.17 Å². The zero-order chi connectivity index (χ0) is 7.56. The van der Waals surface area contributed by atoms with Gasteiger partial charge in [0.2, 0.25) is 0 Å². The minimum atomic E-state index is -0.704. The summed E-state index contributed by atoms with van der Waals surface area (Å²) < 4.78 is 12.6. The number of hydrogen-bond donors (Lipinski definition) is 1. The molecule has 0 unspecified atom stereocenters. The first kappa shape index (κ1) is 7.91. The van der Waals surface area contributed by atoms with Gasteiger partial charge in [0, 0.05) is 12.6 Å². The molecule has 2 N–H and O–H groups in total. The lowest BCUT2D eigenvalue weighted by molar-refractivity contribution is 0.0869. The smallest absolute Gasteiger partial charge is 0.114 e. The van der Waals surface area contributed by atoms with Crippen molar-refractivity contribution in [3.8, 4) is 0 Å². The summed E-state index contributed by atoms with van der Waals surface area (Å²) in [5.74, 6) is 4.87. The molecule has 0 aliphatic carbocycles. The topological polar surface area (TPSA) is 38.5 Å². The summed E-state index contributed by atoms with van der Waals surface area (Å²) >= 11 is 0. The van der Waals surface area contributed by atoms with Crippen molar-refractivity contribution in [2.24, 2.45) is 5.90 Å². The largest absolute Gasteiger partial charge is 0.303 e. The van der Waals surface area contributed by atoms with E-state index in [1.807, 2.05) is 11.9 Å². The zero-order valence-corrected chi connectivity index (χ0v) is 6.09. The second kappa shape index (κ2) is 3.27. The predicted molar refractivity (Wildman–Crippen MR) is 36.1 cm³/mol. The van der Waals surface area contributed by atoms with Crippen molar-refractivity contribution in [2.75, 3.05) is 20.2 Å². The Morgan fingerprint density at radius 3 is 2.90 bits per heavy atom. The van der Waals surface area contributed by atoms with Crippen molar-refractivity contribution in [2.45, 2.75) is 18.6 Å². The molecule has 0 radical (unpaired) electrons. The molecule has 0 aromatic rings. The van der Waals surface area contributed by atoms with Gasteiger partial charge in [0.05, 0.1) is 6.61 Å². The van der Waals surface area contributed by atoms with E-state index in [1.54, 1.807) is 0 Å². The second-order valence-electron chi connectivity index (χ2n) is 2.76. The molecule has 1 aliphatic heterocycles. The third-order valence-corrected chi connectivity index (χ3v) is 1.93. The lowest BCUT2D eigenvalue weighted by Crippen LogP contribution is -2.30. The highest BCUT2D eigenvalue weighted by Gasteiger charge is 2.28. The van der Waals surface area contributed by atoms with E-state index in [4.69, 9.17) is 5.90 Å². The van der Waals surface area contributed by atoms with Crippen molar-refractivity contribution in [1.29, 1.82) is 0 Å². The van der Waals surface area contributed by atoms with E-state index in [9.17, 15) is 4.39 Å². The van der Waals surface area contributed by atoms with E-state index in [0.29, 0.717) is 19.6 Å². The van der Waals surface area contributed by atoms with Crippen molar-refractivity contribution >= 4 is 0 Å². The number of likely N-dealkylation sites (tertiary alicyclic amines) is 1. The highest BCUT2D eigenvalue weighted by molar-refractivity contribution is 4.82. The van der Waals surface area contributed by atoms with Gasteiger partial charge in [-0.2, -0.15) is 0 Å². The maximum atomic E-state index is 12.6. The summed E-state index contributed by atoms with van der Waals surface area (Å²) in [4.78, 5) is 6.36. The molecule has 3 nitrogen and oxygen atoms in total. The van der Waals surface area contributed by atoms with E-state index >= 15 is 0 Å². The Balaban J connectivity index is 2.31. The maximum Gasteiger partial charge on any atom is 0.114 e. The fraction of sp³-hybridized carbons (Fsp3) is 1.00. The van der Waals surface area contributed by atoms with Gasteiger partial charge in [0.1, 0.15) is 6.17 Å². The molecule has 60 valence electrons. The summed E-state index contributed by atoms with van der Waals surface area (Å²) in [6.07, 6.45) is -0.154. The van der Waals surface area contributed by atoms with Crippen LogP contribution < -0.4 is 5.90 Å². The number of halogens is 1. The van der Waals surface area contributed by atoms with Crippen LogP contribution in [-0.4, -0.2) is 37.3 Å². The average molecular weight is 148 g/mol. The molecule has 0 aromatic carbocycles. The number of nitrogens with two attached hydrogens (primary N) is 1. The number of hydrogen-bond acceptors (Lipinski definition) is 3. The van der Waals surface area contributed by atoms with Crippen molar-refractivity contribution < 1.29 is 9.23 Å². The fourth-order valence-electron chi connectivity index (χ4n) is 1.32. The molecule has 10 heavy (non-hydrogen) atoms. The molecule has 0 saturated carbocycles. The SMILES string of the molecule is CN1C[C@@H](F)C[C@H]1CON. The van der Waals surface area contributed by atoms with Gasteiger partial charge >= 0.3 is 0 Å². The predicted octanol–water partition coefficient (Wildman–Crippen LogP) is -0.0811. The highest BCUT2D eigenvalue weighted by atomic mass is 19.1. The Hall–Kier alpha value is -0.190. The molecule has 1 heterocycles. The van der Waals surface area contributed by atoms with Crippen LogP contribution in [0.3, 0.4) is 0 Å². The van der Waals surface area contributed by atoms with Crippen LogP contribution in [-0.2, 0) is 4.84 Å². The minimum Gasteiger partial charge on any atom is -0.303 e. The van der Waals surface area contributed by atoms with Gasteiger partial charge in [-0.05, 0) is 13.5 Å². The summed E-state index contributed by atoms with van der Waals surface area (Å²) in [7, 11) is 1.88. The standard InChI is InChI=1S/C6H13FN2O/c1-9-3-5(7)2-6(9)4-10-8/h5-6H,2-4,8H2,1H3/t5-,6-/m0/s1. The van der Waals surface area contributed by atoms with E-state index in [2.05, 4.69) is 4.84 Å². The van der Waals surface area contributed by atoms with Gasteiger partial charge in [0.25, 0.3) is 0 Å². The van der Waals surface area contributed by atoms with Gasteiger partial charge in [-0.1, -0.05) is 0 Å². The van der Waals surface area contributed by atoms with E-state index in [0.717, 1.165) is 0 Å². The first-order valence-corrected chi connectivity index (χ1v) is 3.40. The Kier molecular flexibility index (Phi) is 2.59. The van der Waals surface area contributed by atoms with Crippen LogP contribution in [0.25, 0.3) is 0 Å². The Bertz CT molecular complexity index is 112. The summed E-state index contributed by atoms with van der Waals surface area (Å²) in [6, 6.07) is 0.167. The molecule has 0 amide bonds. The number of rotatable bonds is 2. The van der Waals surface area contributed by atoms with Gasteiger partial charge in [-0.3, -0.25) is 4.90 Å². The molecule has 1 fully saturated rings. The first-order chi connectivity index (χ1) is 4.74. The summed E-state index contributed by atoms with van der Waals surface area (Å²) in [6.45, 7) is 0.935. The van der Waals surface area contributed by atoms with Crippen molar-refractivity contribution in [3.05, 3.63) is 0 Å². The third kappa shape index (κ3) is 1.65. The van der Waals surface area contributed by atoms with Crippen LogP contribution in [0.1, 0.15) is 6.42 Å². The van der Waals surface area contributed by atoms with Crippen LogP contribution >= 0.6 is 0 Å². The molecule has 0 spiro atoms.